The lowest BCUT2D eigenvalue weighted by molar-refractivity contribution is -0.116. The number of benzene rings is 3. The predicted molar refractivity (Wildman–Crippen MR) is 125 cm³/mol. The number of aryl methyl sites for hydroxylation is 1. The summed E-state index contributed by atoms with van der Waals surface area (Å²) in [5, 5.41) is 3.00. The van der Waals surface area contributed by atoms with E-state index >= 15 is 0 Å². The fourth-order valence-corrected chi connectivity index (χ4v) is 3.90. The van der Waals surface area contributed by atoms with Gasteiger partial charge in [0.15, 0.2) is 0 Å². The molecule has 0 aliphatic carbocycles. The zero-order valence-electron chi connectivity index (χ0n) is 17.4. The Bertz CT molecular complexity index is 910. The molecule has 0 aromatic heterocycles. The fourth-order valence-electron chi connectivity index (χ4n) is 3.02. The number of carbonyl (C=O) groups excluding carboxylic acids is 1. The van der Waals surface area contributed by atoms with Crippen molar-refractivity contribution in [3.05, 3.63) is 95.6 Å². The monoisotopic (exact) mass is 403 g/mol. The minimum absolute atomic E-state index is 0.0521. The summed E-state index contributed by atoms with van der Waals surface area (Å²) in [5.74, 6) is 0.972. The van der Waals surface area contributed by atoms with Gasteiger partial charge < -0.3 is 5.32 Å². The molecule has 0 saturated carbocycles. The van der Waals surface area contributed by atoms with E-state index in [4.69, 9.17) is 0 Å². The van der Waals surface area contributed by atoms with Crippen molar-refractivity contribution in [3.63, 3.8) is 0 Å². The molecule has 1 amide bonds. The van der Waals surface area contributed by atoms with E-state index in [9.17, 15) is 4.79 Å². The lowest BCUT2D eigenvalue weighted by Gasteiger charge is -2.19. The van der Waals surface area contributed by atoms with Crippen LogP contribution >= 0.6 is 11.8 Å². The molecule has 150 valence electrons. The maximum atomic E-state index is 12.3. The summed E-state index contributed by atoms with van der Waals surface area (Å²) in [4.78, 5) is 13.6. The van der Waals surface area contributed by atoms with E-state index in [1.807, 2.05) is 30.0 Å². The van der Waals surface area contributed by atoms with Gasteiger partial charge in [0.2, 0.25) is 5.91 Å². The molecule has 3 rings (SSSR count). The van der Waals surface area contributed by atoms with Crippen LogP contribution in [0.1, 0.15) is 43.9 Å². The molecule has 0 fully saturated rings. The number of amides is 1. The van der Waals surface area contributed by atoms with Crippen LogP contribution in [0, 0.1) is 0 Å². The second-order valence-electron chi connectivity index (χ2n) is 8.29. The zero-order valence-corrected chi connectivity index (χ0v) is 18.3. The van der Waals surface area contributed by atoms with Crippen molar-refractivity contribution in [1.82, 2.24) is 0 Å². The molecule has 0 heterocycles. The first-order valence-corrected chi connectivity index (χ1v) is 11.0. The number of anilines is 1. The smallest absolute Gasteiger partial charge is 0.224 e. The van der Waals surface area contributed by atoms with Crippen molar-refractivity contribution in [2.45, 2.75) is 49.7 Å². The summed E-state index contributed by atoms with van der Waals surface area (Å²) in [6, 6.07) is 27.1. The van der Waals surface area contributed by atoms with E-state index in [0.29, 0.717) is 6.42 Å². The fraction of sp³-hybridized carbons (Fsp3) is 0.269. The first-order chi connectivity index (χ1) is 13.9. The topological polar surface area (TPSA) is 29.1 Å². The summed E-state index contributed by atoms with van der Waals surface area (Å²) in [6.45, 7) is 6.63. The quantitative estimate of drug-likeness (QED) is 0.437. The first-order valence-electron chi connectivity index (χ1n) is 10.1. The normalized spacial score (nSPS) is 11.3. The number of thioether (sulfide) groups is 1. The van der Waals surface area contributed by atoms with E-state index in [0.717, 1.165) is 17.9 Å². The summed E-state index contributed by atoms with van der Waals surface area (Å²) >= 11 is 1.81. The van der Waals surface area contributed by atoms with E-state index in [1.54, 1.807) is 0 Å². The van der Waals surface area contributed by atoms with E-state index in [2.05, 4.69) is 86.8 Å². The first kappa shape index (κ1) is 21.2. The molecule has 3 aromatic rings. The number of rotatable bonds is 7. The van der Waals surface area contributed by atoms with Gasteiger partial charge in [-0.1, -0.05) is 75.4 Å². The highest BCUT2D eigenvalue weighted by atomic mass is 32.2. The third-order valence-corrected chi connectivity index (χ3v) is 5.93. The number of hydrogen-bond acceptors (Lipinski definition) is 2. The number of nitrogens with one attached hydrogen (secondary N) is 1. The second-order valence-corrected chi connectivity index (χ2v) is 9.34. The molecule has 3 heteroatoms. The Kier molecular flexibility index (Phi) is 7.16. The minimum Gasteiger partial charge on any atom is -0.326 e. The van der Waals surface area contributed by atoms with E-state index in [-0.39, 0.29) is 11.3 Å². The molecule has 29 heavy (non-hydrogen) atoms. The van der Waals surface area contributed by atoms with Gasteiger partial charge in [0, 0.05) is 22.8 Å². The van der Waals surface area contributed by atoms with Gasteiger partial charge in [0.05, 0.1) is 0 Å². The second kappa shape index (κ2) is 9.80. The van der Waals surface area contributed by atoms with Crippen molar-refractivity contribution in [3.8, 4) is 0 Å². The Labute approximate surface area is 178 Å². The highest BCUT2D eigenvalue weighted by Crippen LogP contribution is 2.24. The van der Waals surface area contributed by atoms with Crippen LogP contribution in [0.4, 0.5) is 5.69 Å². The Morgan fingerprint density at radius 3 is 2.07 bits per heavy atom. The summed E-state index contributed by atoms with van der Waals surface area (Å²) < 4.78 is 0. The van der Waals surface area contributed by atoms with Gasteiger partial charge in [-0.2, -0.15) is 0 Å². The highest BCUT2D eigenvalue weighted by molar-refractivity contribution is 7.98. The Morgan fingerprint density at radius 1 is 0.828 bits per heavy atom. The zero-order chi connectivity index (χ0) is 20.7. The molecule has 3 aromatic carbocycles. The lowest BCUT2D eigenvalue weighted by Crippen LogP contribution is -2.13. The maximum absolute atomic E-state index is 12.3. The van der Waals surface area contributed by atoms with E-state index < -0.39 is 0 Å². The predicted octanol–water partition coefficient (Wildman–Crippen LogP) is 6.85. The van der Waals surface area contributed by atoms with Crippen LogP contribution in [-0.4, -0.2) is 5.91 Å². The molecule has 0 radical (unpaired) electrons. The molecule has 0 unspecified atom stereocenters. The molecule has 0 spiro atoms. The molecule has 0 aliphatic heterocycles. The summed E-state index contributed by atoms with van der Waals surface area (Å²) in [6.07, 6.45) is 1.24. The molecule has 0 atom stereocenters. The van der Waals surface area contributed by atoms with Crippen LogP contribution in [0.5, 0.6) is 0 Å². The summed E-state index contributed by atoms with van der Waals surface area (Å²) in [7, 11) is 0. The van der Waals surface area contributed by atoms with E-state index in [1.165, 1.54) is 21.6 Å². The van der Waals surface area contributed by atoms with Crippen LogP contribution in [0.3, 0.4) is 0 Å². The van der Waals surface area contributed by atoms with Gasteiger partial charge >= 0.3 is 0 Å². The van der Waals surface area contributed by atoms with Crippen molar-refractivity contribution >= 4 is 23.4 Å². The maximum Gasteiger partial charge on any atom is 0.224 e. The molecule has 0 saturated heterocycles. The Hall–Kier alpha value is -2.52. The Balaban J connectivity index is 1.45. The third kappa shape index (κ3) is 6.79. The molecular weight excluding hydrogens is 374 g/mol. The van der Waals surface area contributed by atoms with Crippen LogP contribution in [0.15, 0.2) is 83.8 Å². The van der Waals surface area contributed by atoms with Gasteiger partial charge in [-0.05, 0) is 52.8 Å². The van der Waals surface area contributed by atoms with Gasteiger partial charge in [-0.3, -0.25) is 4.79 Å². The standard InChI is InChI=1S/C26H29NOS/c1-26(2,3)22-14-9-20(10-15-22)13-18-25(28)27-23-16-11-21(12-17-23)19-29-24-7-5-4-6-8-24/h4-12,14-17H,13,18-19H2,1-3H3,(H,27,28). The SMILES string of the molecule is CC(C)(C)c1ccc(CCC(=O)Nc2ccc(CSc3ccccc3)cc2)cc1. The third-order valence-electron chi connectivity index (χ3n) is 4.85. The van der Waals surface area contributed by atoms with Crippen LogP contribution in [-0.2, 0) is 22.4 Å². The largest absolute Gasteiger partial charge is 0.326 e. The van der Waals surface area contributed by atoms with Gasteiger partial charge in [0.25, 0.3) is 0 Å². The van der Waals surface area contributed by atoms with Crippen molar-refractivity contribution in [1.29, 1.82) is 0 Å². The van der Waals surface area contributed by atoms with Crippen LogP contribution < -0.4 is 5.32 Å². The van der Waals surface area contributed by atoms with Crippen LogP contribution in [0.25, 0.3) is 0 Å². The molecule has 0 bridgehead atoms. The van der Waals surface area contributed by atoms with Crippen molar-refractivity contribution in [2.75, 3.05) is 5.32 Å². The number of carbonyl (C=O) groups is 1. The molecular formula is C26H29NOS. The molecule has 2 nitrogen and oxygen atoms in total. The minimum atomic E-state index is 0.0521. The Morgan fingerprint density at radius 2 is 1.45 bits per heavy atom. The van der Waals surface area contributed by atoms with Crippen molar-refractivity contribution in [2.24, 2.45) is 0 Å². The molecule has 0 aliphatic rings. The average Bonchev–Trinajstić information content (AvgIpc) is 2.72. The number of hydrogen-bond donors (Lipinski definition) is 1. The van der Waals surface area contributed by atoms with Gasteiger partial charge in [0.1, 0.15) is 0 Å². The summed E-state index contributed by atoms with van der Waals surface area (Å²) in [5.41, 5.74) is 4.77. The highest BCUT2D eigenvalue weighted by Gasteiger charge is 2.13. The van der Waals surface area contributed by atoms with Gasteiger partial charge in [-0.25, -0.2) is 0 Å². The van der Waals surface area contributed by atoms with Crippen molar-refractivity contribution < 1.29 is 4.79 Å². The lowest BCUT2D eigenvalue weighted by atomic mass is 9.86. The van der Waals surface area contributed by atoms with Crippen LogP contribution in [0.2, 0.25) is 0 Å². The average molecular weight is 404 g/mol. The molecule has 1 N–H and O–H groups in total. The van der Waals surface area contributed by atoms with Gasteiger partial charge in [-0.15, -0.1) is 11.8 Å².